The van der Waals surface area contributed by atoms with Crippen molar-refractivity contribution in [2.75, 3.05) is 53.2 Å². The molecule has 2 rings (SSSR count). The molecule has 1 atom stereocenters. The Morgan fingerprint density at radius 2 is 2.17 bits per heavy atom. The number of likely N-dealkylation sites (tertiary alicyclic amines) is 1. The first-order valence-corrected chi connectivity index (χ1v) is 9.65. The number of hydrogen-bond acceptors (Lipinski definition) is 5. The molecule has 0 spiro atoms. The zero-order valence-electron chi connectivity index (χ0n) is 17.3. The van der Waals surface area contributed by atoms with Gasteiger partial charge in [0.25, 0.3) is 0 Å². The second kappa shape index (κ2) is 13.9. The molecular weight excluding hydrogens is 516 g/mol. The molecule has 172 valence electrons. The number of nitrogens with zero attached hydrogens (tertiary/aromatic N) is 3. The first-order valence-electron chi connectivity index (χ1n) is 9.65. The Balaban J connectivity index is 0.00000450. The number of pyridine rings is 1. The Labute approximate surface area is 192 Å². The van der Waals surface area contributed by atoms with Gasteiger partial charge in [0, 0.05) is 44.9 Å². The van der Waals surface area contributed by atoms with E-state index in [0.717, 1.165) is 37.6 Å². The summed E-state index contributed by atoms with van der Waals surface area (Å²) in [5.41, 5.74) is 0.728. The van der Waals surface area contributed by atoms with Gasteiger partial charge in [-0.3, -0.25) is 0 Å². The van der Waals surface area contributed by atoms with E-state index in [2.05, 4.69) is 20.2 Å². The van der Waals surface area contributed by atoms with Gasteiger partial charge in [-0.1, -0.05) is 0 Å². The Bertz CT molecular complexity index is 650. The van der Waals surface area contributed by atoms with Crippen LogP contribution in [0, 0.1) is 5.92 Å². The predicted octanol–water partition coefficient (Wildman–Crippen LogP) is 3.09. The summed E-state index contributed by atoms with van der Waals surface area (Å²) in [4.78, 5) is 10.6. The zero-order valence-corrected chi connectivity index (χ0v) is 19.6. The second-order valence-corrected chi connectivity index (χ2v) is 6.74. The zero-order chi connectivity index (χ0) is 21.1. The van der Waals surface area contributed by atoms with E-state index < -0.39 is 12.8 Å². The number of guanidine groups is 1. The Kier molecular flexibility index (Phi) is 12.3. The lowest BCUT2D eigenvalue weighted by Gasteiger charge is -2.21. The molecule has 0 aromatic carbocycles. The maximum atomic E-state index is 12.3. The van der Waals surface area contributed by atoms with Crippen LogP contribution in [0.15, 0.2) is 23.3 Å². The van der Waals surface area contributed by atoms with Crippen molar-refractivity contribution in [2.45, 2.75) is 26.1 Å². The van der Waals surface area contributed by atoms with Gasteiger partial charge in [-0.2, -0.15) is 13.2 Å². The first-order chi connectivity index (χ1) is 13.9. The van der Waals surface area contributed by atoms with Gasteiger partial charge in [-0.15, -0.1) is 24.0 Å². The number of rotatable bonds is 10. The van der Waals surface area contributed by atoms with E-state index in [4.69, 9.17) is 14.2 Å². The molecule has 0 saturated carbocycles. The van der Waals surface area contributed by atoms with Crippen LogP contribution in [0.3, 0.4) is 0 Å². The summed E-state index contributed by atoms with van der Waals surface area (Å²) in [5.74, 6) is 1.15. The summed E-state index contributed by atoms with van der Waals surface area (Å²) in [7, 11) is 1.65. The van der Waals surface area contributed by atoms with Crippen molar-refractivity contribution in [3.05, 3.63) is 23.9 Å². The molecule has 1 aliphatic rings. The van der Waals surface area contributed by atoms with Gasteiger partial charge in [-0.05, 0) is 25.0 Å². The van der Waals surface area contributed by atoms with Crippen molar-refractivity contribution in [3.63, 3.8) is 0 Å². The van der Waals surface area contributed by atoms with Crippen LogP contribution in [-0.2, 0) is 16.0 Å². The predicted molar refractivity (Wildman–Crippen MR) is 118 cm³/mol. The highest BCUT2D eigenvalue weighted by atomic mass is 127. The third kappa shape index (κ3) is 10.1. The average Bonchev–Trinajstić information content (AvgIpc) is 3.15. The number of aromatic nitrogens is 1. The van der Waals surface area contributed by atoms with E-state index in [1.807, 2.05) is 6.92 Å². The van der Waals surface area contributed by atoms with E-state index in [-0.39, 0.29) is 29.9 Å². The summed E-state index contributed by atoms with van der Waals surface area (Å²) in [6.45, 7) is 5.24. The van der Waals surface area contributed by atoms with Crippen molar-refractivity contribution in [1.29, 1.82) is 0 Å². The lowest BCUT2D eigenvalue weighted by atomic mass is 10.1. The molecule has 1 aromatic heterocycles. The normalized spacial score (nSPS) is 17.0. The molecule has 0 radical (unpaired) electrons. The molecule has 11 heteroatoms. The summed E-state index contributed by atoms with van der Waals surface area (Å²) in [6.07, 6.45) is -1.96. The fourth-order valence-corrected chi connectivity index (χ4v) is 2.93. The van der Waals surface area contributed by atoms with Crippen molar-refractivity contribution < 1.29 is 27.4 Å². The molecule has 0 aliphatic carbocycles. The molecular formula is C19H30F3IN4O3. The molecule has 0 bridgehead atoms. The third-order valence-electron chi connectivity index (χ3n) is 4.30. The van der Waals surface area contributed by atoms with E-state index >= 15 is 0 Å². The molecule has 1 N–H and O–H groups in total. The molecule has 7 nitrogen and oxygen atoms in total. The van der Waals surface area contributed by atoms with Crippen LogP contribution >= 0.6 is 24.0 Å². The van der Waals surface area contributed by atoms with Gasteiger partial charge in [0.05, 0.1) is 26.4 Å². The van der Waals surface area contributed by atoms with Gasteiger partial charge in [-0.25, -0.2) is 9.98 Å². The lowest BCUT2D eigenvalue weighted by Crippen LogP contribution is -2.40. The molecule has 1 saturated heterocycles. The molecule has 30 heavy (non-hydrogen) atoms. The van der Waals surface area contributed by atoms with Crippen LogP contribution in [0.5, 0.6) is 5.88 Å². The van der Waals surface area contributed by atoms with Crippen molar-refractivity contribution in [3.8, 4) is 5.88 Å². The number of ether oxygens (including phenoxy) is 3. The number of aliphatic imine (C=N–C) groups is 1. The molecule has 1 aliphatic heterocycles. The standard InChI is InChI=1S/C19H29F3N4O3.HI/c1-3-23-18(26-7-5-16(12-26)13-28-9-8-27-2)25-11-15-4-6-24-17(10-15)29-14-19(20,21)22;/h4,6,10,16H,3,5,7-9,11-14H2,1-2H3,(H,23,25);1H. The summed E-state index contributed by atoms with van der Waals surface area (Å²) < 4.78 is 52.2. The minimum Gasteiger partial charge on any atom is -0.468 e. The molecule has 1 aromatic rings. The van der Waals surface area contributed by atoms with Crippen LogP contribution in [0.1, 0.15) is 18.9 Å². The van der Waals surface area contributed by atoms with Crippen LogP contribution < -0.4 is 10.1 Å². The molecule has 1 unspecified atom stereocenters. The quantitative estimate of drug-likeness (QED) is 0.211. The minimum atomic E-state index is -4.40. The summed E-state index contributed by atoms with van der Waals surface area (Å²) in [5, 5.41) is 3.27. The Morgan fingerprint density at radius 1 is 1.37 bits per heavy atom. The second-order valence-electron chi connectivity index (χ2n) is 6.74. The number of hydrogen-bond donors (Lipinski definition) is 1. The first kappa shape index (κ1) is 26.7. The van der Waals surface area contributed by atoms with Gasteiger partial charge >= 0.3 is 6.18 Å². The number of halogens is 4. The molecule has 0 amide bonds. The van der Waals surface area contributed by atoms with Crippen LogP contribution in [-0.4, -0.2) is 75.2 Å². The van der Waals surface area contributed by atoms with Gasteiger partial charge in [0.2, 0.25) is 5.88 Å². The fraction of sp³-hybridized carbons (Fsp3) is 0.684. The Morgan fingerprint density at radius 3 is 2.87 bits per heavy atom. The third-order valence-corrected chi connectivity index (χ3v) is 4.30. The van der Waals surface area contributed by atoms with E-state index in [1.54, 1.807) is 13.2 Å². The highest BCUT2D eigenvalue weighted by Crippen LogP contribution is 2.19. The highest BCUT2D eigenvalue weighted by molar-refractivity contribution is 14.0. The van der Waals surface area contributed by atoms with Crippen LogP contribution in [0.2, 0.25) is 0 Å². The van der Waals surface area contributed by atoms with Crippen molar-refractivity contribution >= 4 is 29.9 Å². The SMILES string of the molecule is CCNC(=NCc1ccnc(OCC(F)(F)F)c1)N1CCC(COCCOC)C1.I. The minimum absolute atomic E-state index is 0. The average molecular weight is 546 g/mol. The van der Waals surface area contributed by atoms with Gasteiger partial charge in [0.1, 0.15) is 0 Å². The Hall–Kier alpha value is -1.34. The highest BCUT2D eigenvalue weighted by Gasteiger charge is 2.28. The van der Waals surface area contributed by atoms with E-state index in [9.17, 15) is 13.2 Å². The molecule has 1 fully saturated rings. The lowest BCUT2D eigenvalue weighted by molar-refractivity contribution is -0.154. The fourth-order valence-electron chi connectivity index (χ4n) is 2.93. The van der Waals surface area contributed by atoms with Gasteiger partial charge < -0.3 is 24.4 Å². The van der Waals surface area contributed by atoms with Gasteiger partial charge in [0.15, 0.2) is 12.6 Å². The largest absolute Gasteiger partial charge is 0.468 e. The van der Waals surface area contributed by atoms with Crippen LogP contribution in [0.4, 0.5) is 13.2 Å². The summed E-state index contributed by atoms with van der Waals surface area (Å²) >= 11 is 0. The number of methoxy groups -OCH3 is 1. The topological polar surface area (TPSA) is 68.2 Å². The summed E-state index contributed by atoms with van der Waals surface area (Å²) in [6, 6.07) is 3.19. The van der Waals surface area contributed by atoms with E-state index in [1.165, 1.54) is 12.3 Å². The monoisotopic (exact) mass is 546 g/mol. The van der Waals surface area contributed by atoms with Crippen molar-refractivity contribution in [1.82, 2.24) is 15.2 Å². The number of nitrogens with one attached hydrogen (secondary N) is 1. The van der Waals surface area contributed by atoms with Crippen LogP contribution in [0.25, 0.3) is 0 Å². The maximum Gasteiger partial charge on any atom is 0.422 e. The smallest absolute Gasteiger partial charge is 0.422 e. The van der Waals surface area contributed by atoms with E-state index in [0.29, 0.717) is 32.3 Å². The van der Waals surface area contributed by atoms with Crippen molar-refractivity contribution in [2.24, 2.45) is 10.9 Å². The number of alkyl halides is 3. The maximum absolute atomic E-state index is 12.3. The molecule has 2 heterocycles.